The Bertz CT molecular complexity index is 368. The van der Waals surface area contributed by atoms with Crippen molar-refractivity contribution in [2.24, 2.45) is 0 Å². The van der Waals surface area contributed by atoms with E-state index in [9.17, 15) is 0 Å². The maximum atomic E-state index is 2.30. The quantitative estimate of drug-likeness (QED) is 0.182. The Morgan fingerprint density at radius 1 is 0.519 bits per heavy atom. The largest absolute Gasteiger partial charge is 0.149 e. The van der Waals surface area contributed by atoms with Crippen molar-refractivity contribution in [2.75, 3.05) is 0 Å². The Labute approximate surface area is 175 Å². The number of rotatable bonds is 21. The summed E-state index contributed by atoms with van der Waals surface area (Å²) in [5, 5.41) is 2.20. The van der Waals surface area contributed by atoms with Gasteiger partial charge in [0.2, 0.25) is 0 Å². The summed E-state index contributed by atoms with van der Waals surface area (Å²) in [5.74, 6) is 0. The Morgan fingerprint density at radius 3 is 1.22 bits per heavy atom. The summed E-state index contributed by atoms with van der Waals surface area (Å²) >= 11 is 1.91. The summed E-state index contributed by atoms with van der Waals surface area (Å²) in [6, 6.07) is 4.46. The molecule has 0 saturated heterocycles. The Kier molecular flexibility index (Phi) is 18.7. The molecule has 1 rings (SSSR count). The maximum Gasteiger partial charge on any atom is 0.00452 e. The Morgan fingerprint density at radius 2 is 0.889 bits per heavy atom. The van der Waals surface area contributed by atoms with E-state index in [1.54, 1.807) is 4.88 Å². The van der Waals surface area contributed by atoms with Crippen molar-refractivity contribution in [3.63, 3.8) is 0 Å². The van der Waals surface area contributed by atoms with Gasteiger partial charge in [0.1, 0.15) is 0 Å². The zero-order valence-corrected chi connectivity index (χ0v) is 19.3. The van der Waals surface area contributed by atoms with Crippen LogP contribution in [0, 0.1) is 0 Å². The topological polar surface area (TPSA) is 0 Å². The SMILES string of the molecule is CCCCCCCCCCCCCCCCCCCCCCc1cccs1. The summed E-state index contributed by atoms with van der Waals surface area (Å²) in [6.45, 7) is 2.30. The maximum absolute atomic E-state index is 2.30. The van der Waals surface area contributed by atoms with Crippen LogP contribution in [0.1, 0.15) is 140 Å². The van der Waals surface area contributed by atoms with Crippen molar-refractivity contribution in [3.05, 3.63) is 22.4 Å². The van der Waals surface area contributed by atoms with Gasteiger partial charge >= 0.3 is 0 Å². The smallest absolute Gasteiger partial charge is 0.00452 e. The van der Waals surface area contributed by atoms with Crippen molar-refractivity contribution in [1.29, 1.82) is 0 Å². The van der Waals surface area contributed by atoms with Crippen LogP contribution < -0.4 is 0 Å². The third-order valence-electron chi connectivity index (χ3n) is 5.86. The highest BCUT2D eigenvalue weighted by Crippen LogP contribution is 2.16. The number of thiophene rings is 1. The first-order valence-corrected chi connectivity index (χ1v) is 13.3. The predicted octanol–water partition coefficient (Wildman–Crippen LogP) is 10.1. The molecule has 27 heavy (non-hydrogen) atoms. The van der Waals surface area contributed by atoms with Crippen LogP contribution in [-0.4, -0.2) is 0 Å². The summed E-state index contributed by atoms with van der Waals surface area (Å²) in [5.41, 5.74) is 0. The summed E-state index contributed by atoms with van der Waals surface area (Å²) < 4.78 is 0. The third-order valence-corrected chi connectivity index (χ3v) is 6.79. The number of hydrogen-bond donors (Lipinski definition) is 0. The number of hydrogen-bond acceptors (Lipinski definition) is 1. The minimum atomic E-state index is 1.30. The molecular formula is C26H48S. The third kappa shape index (κ3) is 17.5. The molecule has 0 bridgehead atoms. The van der Waals surface area contributed by atoms with Crippen molar-refractivity contribution < 1.29 is 0 Å². The van der Waals surface area contributed by atoms with Crippen LogP contribution in [0.25, 0.3) is 0 Å². The molecule has 0 radical (unpaired) electrons. The lowest BCUT2D eigenvalue weighted by Gasteiger charge is -2.04. The first-order valence-electron chi connectivity index (χ1n) is 12.5. The standard InChI is InChI=1S/C26H48S/c1-2-3-4-5-6-7-8-9-10-11-12-13-14-15-16-17-18-19-20-21-23-26-24-22-25-27-26/h22,24-25H,2-21,23H2,1H3. The summed E-state index contributed by atoms with van der Waals surface area (Å²) in [6.07, 6.45) is 30.6. The lowest BCUT2D eigenvalue weighted by atomic mass is 10.0. The second-order valence-electron chi connectivity index (χ2n) is 8.55. The van der Waals surface area contributed by atoms with E-state index in [-0.39, 0.29) is 0 Å². The Hall–Kier alpha value is -0.300. The van der Waals surface area contributed by atoms with E-state index in [0.717, 1.165) is 0 Å². The molecule has 0 aliphatic rings. The van der Waals surface area contributed by atoms with E-state index in [4.69, 9.17) is 0 Å². The van der Waals surface area contributed by atoms with Crippen LogP contribution >= 0.6 is 11.3 Å². The monoisotopic (exact) mass is 392 g/mol. The number of unbranched alkanes of at least 4 members (excludes halogenated alkanes) is 19. The molecule has 0 atom stereocenters. The molecule has 0 nitrogen and oxygen atoms in total. The zero-order valence-electron chi connectivity index (χ0n) is 18.5. The molecule has 1 heterocycles. The van der Waals surface area contributed by atoms with Gasteiger partial charge in [0.05, 0.1) is 0 Å². The van der Waals surface area contributed by atoms with E-state index >= 15 is 0 Å². The fourth-order valence-corrected chi connectivity index (χ4v) is 4.76. The van der Waals surface area contributed by atoms with Gasteiger partial charge in [-0.05, 0) is 24.3 Å². The summed E-state index contributed by atoms with van der Waals surface area (Å²) in [4.78, 5) is 1.57. The highest BCUT2D eigenvalue weighted by Gasteiger charge is 1.96. The van der Waals surface area contributed by atoms with Crippen LogP contribution in [-0.2, 0) is 6.42 Å². The normalized spacial score (nSPS) is 11.3. The Balaban J connectivity index is 1.64. The van der Waals surface area contributed by atoms with Crippen LogP contribution in [0.5, 0.6) is 0 Å². The van der Waals surface area contributed by atoms with Gasteiger partial charge in [0.15, 0.2) is 0 Å². The molecule has 1 aromatic heterocycles. The highest BCUT2D eigenvalue weighted by molar-refractivity contribution is 7.09. The van der Waals surface area contributed by atoms with E-state index in [0.29, 0.717) is 0 Å². The van der Waals surface area contributed by atoms with E-state index in [1.165, 1.54) is 135 Å². The van der Waals surface area contributed by atoms with Gasteiger partial charge in [-0.25, -0.2) is 0 Å². The van der Waals surface area contributed by atoms with Gasteiger partial charge in [-0.3, -0.25) is 0 Å². The molecule has 0 aromatic carbocycles. The second-order valence-corrected chi connectivity index (χ2v) is 9.58. The van der Waals surface area contributed by atoms with Gasteiger partial charge in [-0.2, -0.15) is 0 Å². The fraction of sp³-hybridized carbons (Fsp3) is 0.846. The molecule has 0 spiro atoms. The molecule has 158 valence electrons. The second kappa shape index (κ2) is 20.4. The minimum Gasteiger partial charge on any atom is -0.149 e. The van der Waals surface area contributed by atoms with Gasteiger partial charge in [-0.15, -0.1) is 11.3 Å². The summed E-state index contributed by atoms with van der Waals surface area (Å²) in [7, 11) is 0. The van der Waals surface area contributed by atoms with E-state index < -0.39 is 0 Å². The van der Waals surface area contributed by atoms with Crippen molar-refractivity contribution in [2.45, 2.75) is 142 Å². The van der Waals surface area contributed by atoms with Crippen LogP contribution in [0.15, 0.2) is 17.5 Å². The first kappa shape index (κ1) is 24.7. The lowest BCUT2D eigenvalue weighted by Crippen LogP contribution is -1.85. The van der Waals surface area contributed by atoms with Crippen LogP contribution in [0.4, 0.5) is 0 Å². The first-order chi connectivity index (χ1) is 13.4. The van der Waals surface area contributed by atoms with Gasteiger partial charge < -0.3 is 0 Å². The molecule has 1 aromatic rings. The van der Waals surface area contributed by atoms with Crippen LogP contribution in [0.2, 0.25) is 0 Å². The van der Waals surface area contributed by atoms with Gasteiger partial charge in [-0.1, -0.05) is 135 Å². The van der Waals surface area contributed by atoms with Crippen LogP contribution in [0.3, 0.4) is 0 Å². The van der Waals surface area contributed by atoms with Gasteiger partial charge in [0.25, 0.3) is 0 Å². The molecule has 1 heteroatoms. The minimum absolute atomic E-state index is 1.30. The van der Waals surface area contributed by atoms with E-state index in [1.807, 2.05) is 11.3 Å². The van der Waals surface area contributed by atoms with Gasteiger partial charge in [0, 0.05) is 4.88 Å². The van der Waals surface area contributed by atoms with Crippen molar-refractivity contribution in [1.82, 2.24) is 0 Å². The molecule has 0 aliphatic heterocycles. The molecule has 0 fully saturated rings. The average Bonchev–Trinajstić information content (AvgIpc) is 3.20. The molecule has 0 N–H and O–H groups in total. The average molecular weight is 393 g/mol. The molecule has 0 saturated carbocycles. The molecule has 0 unspecified atom stereocenters. The van der Waals surface area contributed by atoms with E-state index in [2.05, 4.69) is 24.4 Å². The zero-order chi connectivity index (χ0) is 19.3. The highest BCUT2D eigenvalue weighted by atomic mass is 32.1. The van der Waals surface area contributed by atoms with Crippen molar-refractivity contribution in [3.8, 4) is 0 Å². The molecule has 0 amide bonds. The molecule has 0 aliphatic carbocycles. The predicted molar refractivity (Wildman–Crippen MR) is 126 cm³/mol. The number of aryl methyl sites for hydroxylation is 1. The fourth-order valence-electron chi connectivity index (χ4n) is 4.01. The molecular weight excluding hydrogens is 344 g/mol. The lowest BCUT2D eigenvalue weighted by molar-refractivity contribution is 0.522. The van der Waals surface area contributed by atoms with Crippen molar-refractivity contribution >= 4 is 11.3 Å².